The molecule has 4 aromatic rings. The van der Waals surface area contributed by atoms with Crippen LogP contribution in [0.15, 0.2) is 39.5 Å². The smallest absolute Gasteiger partial charge is 0.203 e. The Labute approximate surface area is 179 Å². The summed E-state index contributed by atoms with van der Waals surface area (Å²) in [6.45, 7) is 10.3. The van der Waals surface area contributed by atoms with Crippen LogP contribution in [0.1, 0.15) is 37.7 Å². The van der Waals surface area contributed by atoms with Gasteiger partial charge in [-0.05, 0) is 38.2 Å². The summed E-state index contributed by atoms with van der Waals surface area (Å²) in [6, 6.07) is 9.67. The van der Waals surface area contributed by atoms with Crippen LogP contribution in [0, 0.1) is 6.92 Å². The van der Waals surface area contributed by atoms with E-state index in [0.717, 1.165) is 28.9 Å². The zero-order valence-corrected chi connectivity index (χ0v) is 18.6. The molecule has 0 bridgehead atoms. The van der Waals surface area contributed by atoms with E-state index in [1.807, 2.05) is 38.1 Å². The number of aryl methyl sites for hydroxylation is 2. The van der Waals surface area contributed by atoms with Gasteiger partial charge in [0, 0.05) is 24.1 Å². The number of thiazole rings is 1. The Bertz CT molecular complexity index is 1250. The Hall–Kier alpha value is -2.70. The maximum absolute atomic E-state index is 13.6. The lowest BCUT2D eigenvalue weighted by atomic mass is 10.0. The van der Waals surface area contributed by atoms with Gasteiger partial charge < -0.3 is 9.52 Å². The van der Waals surface area contributed by atoms with Crippen molar-refractivity contribution in [2.45, 2.75) is 40.7 Å². The maximum Gasteiger partial charge on any atom is 0.203 e. The highest BCUT2D eigenvalue weighted by molar-refractivity contribution is 7.21. The van der Waals surface area contributed by atoms with Crippen molar-refractivity contribution in [3.63, 3.8) is 0 Å². The summed E-state index contributed by atoms with van der Waals surface area (Å²) < 4.78 is 7.23. The molecule has 0 aliphatic heterocycles. The molecule has 6 heteroatoms. The molecule has 0 spiro atoms. The first-order valence-corrected chi connectivity index (χ1v) is 11.2. The number of phenols is 1. The molecule has 0 atom stereocenters. The molecule has 0 aliphatic rings. The minimum absolute atomic E-state index is 0.0870. The summed E-state index contributed by atoms with van der Waals surface area (Å²) in [5.74, 6) is 0.804. The maximum atomic E-state index is 13.6. The minimum atomic E-state index is -0.0870. The zero-order chi connectivity index (χ0) is 21.4. The molecule has 2 heterocycles. The molecular formula is C24H26N2O3S. The van der Waals surface area contributed by atoms with Crippen molar-refractivity contribution < 1.29 is 9.52 Å². The molecule has 0 unspecified atom stereocenters. The van der Waals surface area contributed by atoms with Crippen LogP contribution in [0.2, 0.25) is 0 Å². The standard InChI is InChI=1S/C24H26N2O3S/c1-5-18-20(24-25-17-10-8-9-11-19(17)30-24)22(28)16-12-15(13-26(6-2)7-3)21(27)14(4)23(16)29-18/h8-12,27H,5-7,13H2,1-4H3. The molecule has 0 saturated heterocycles. The Kier molecular flexibility index (Phi) is 5.62. The minimum Gasteiger partial charge on any atom is -0.507 e. The van der Waals surface area contributed by atoms with Crippen LogP contribution in [0.5, 0.6) is 5.75 Å². The third-order valence-electron chi connectivity index (χ3n) is 5.66. The Balaban J connectivity index is 1.98. The van der Waals surface area contributed by atoms with Gasteiger partial charge in [-0.1, -0.05) is 32.9 Å². The van der Waals surface area contributed by atoms with Gasteiger partial charge in [0.15, 0.2) is 0 Å². The van der Waals surface area contributed by atoms with Crippen LogP contribution in [0.3, 0.4) is 0 Å². The molecular weight excluding hydrogens is 396 g/mol. The number of nitrogens with zero attached hydrogens (tertiary/aromatic N) is 2. The molecule has 1 N–H and O–H groups in total. The van der Waals surface area contributed by atoms with Crippen LogP contribution in [-0.4, -0.2) is 28.1 Å². The average Bonchev–Trinajstić information content (AvgIpc) is 3.19. The number of fused-ring (bicyclic) bond motifs is 2. The van der Waals surface area contributed by atoms with Gasteiger partial charge in [-0.15, -0.1) is 11.3 Å². The van der Waals surface area contributed by atoms with Crippen molar-refractivity contribution in [1.29, 1.82) is 0 Å². The average molecular weight is 423 g/mol. The summed E-state index contributed by atoms with van der Waals surface area (Å²) in [5.41, 5.74) is 3.14. The van der Waals surface area contributed by atoms with Gasteiger partial charge in [0.1, 0.15) is 22.1 Å². The molecule has 5 nitrogen and oxygen atoms in total. The highest BCUT2D eigenvalue weighted by Gasteiger charge is 2.22. The first kappa shape index (κ1) is 20.6. The van der Waals surface area contributed by atoms with Gasteiger partial charge in [-0.2, -0.15) is 0 Å². The first-order valence-electron chi connectivity index (χ1n) is 10.4. The Morgan fingerprint density at radius 3 is 2.57 bits per heavy atom. The lowest BCUT2D eigenvalue weighted by molar-refractivity contribution is 0.290. The summed E-state index contributed by atoms with van der Waals surface area (Å²) in [6.07, 6.45) is 0.567. The molecule has 156 valence electrons. The molecule has 30 heavy (non-hydrogen) atoms. The zero-order valence-electron chi connectivity index (χ0n) is 17.8. The van der Waals surface area contributed by atoms with E-state index in [1.54, 1.807) is 6.07 Å². The van der Waals surface area contributed by atoms with E-state index >= 15 is 0 Å². The van der Waals surface area contributed by atoms with Crippen LogP contribution >= 0.6 is 11.3 Å². The molecule has 0 radical (unpaired) electrons. The normalized spacial score (nSPS) is 11.8. The fourth-order valence-electron chi connectivity index (χ4n) is 3.85. The molecule has 0 fully saturated rings. The molecule has 2 aromatic heterocycles. The van der Waals surface area contributed by atoms with Gasteiger partial charge in [0.05, 0.1) is 21.2 Å². The number of hydrogen-bond acceptors (Lipinski definition) is 6. The second-order valence-corrected chi connectivity index (χ2v) is 8.45. The van der Waals surface area contributed by atoms with Gasteiger partial charge in [-0.3, -0.25) is 9.69 Å². The van der Waals surface area contributed by atoms with Crippen LogP contribution in [0.25, 0.3) is 31.8 Å². The fraction of sp³-hybridized carbons (Fsp3) is 0.333. The second kappa shape index (κ2) is 8.20. The monoisotopic (exact) mass is 422 g/mol. The fourth-order valence-corrected chi connectivity index (χ4v) is 4.87. The van der Waals surface area contributed by atoms with Crippen molar-refractivity contribution in [2.24, 2.45) is 0 Å². The lowest BCUT2D eigenvalue weighted by Crippen LogP contribution is -2.22. The van der Waals surface area contributed by atoms with Crippen molar-refractivity contribution in [3.05, 3.63) is 57.4 Å². The predicted octanol–water partition coefficient (Wildman–Crippen LogP) is 5.49. The highest BCUT2D eigenvalue weighted by Crippen LogP contribution is 2.35. The number of aromatic nitrogens is 1. The number of rotatable bonds is 6. The summed E-state index contributed by atoms with van der Waals surface area (Å²) in [4.78, 5) is 20.5. The second-order valence-electron chi connectivity index (χ2n) is 7.42. The molecule has 0 aliphatic carbocycles. The predicted molar refractivity (Wildman–Crippen MR) is 124 cm³/mol. The van der Waals surface area contributed by atoms with Crippen LogP contribution < -0.4 is 5.43 Å². The van der Waals surface area contributed by atoms with E-state index in [2.05, 4.69) is 18.7 Å². The molecule has 0 saturated carbocycles. The quantitative estimate of drug-likeness (QED) is 0.445. The molecule has 0 amide bonds. The Morgan fingerprint density at radius 1 is 1.17 bits per heavy atom. The number of phenolic OH excluding ortho intramolecular Hbond substituents is 1. The molecule has 4 rings (SSSR count). The SMILES string of the molecule is CCc1oc2c(C)c(O)c(CN(CC)CC)cc2c(=O)c1-c1nc2ccccc2s1. The highest BCUT2D eigenvalue weighted by atomic mass is 32.1. The molecule has 2 aromatic carbocycles. The topological polar surface area (TPSA) is 66.6 Å². The van der Waals surface area contributed by atoms with Crippen molar-refractivity contribution in [3.8, 4) is 16.3 Å². The number of hydrogen-bond donors (Lipinski definition) is 1. The van der Waals surface area contributed by atoms with E-state index in [0.29, 0.717) is 45.8 Å². The number of para-hydroxylation sites is 1. The number of benzene rings is 2. The van der Waals surface area contributed by atoms with Gasteiger partial charge >= 0.3 is 0 Å². The van der Waals surface area contributed by atoms with Crippen molar-refractivity contribution >= 4 is 32.5 Å². The van der Waals surface area contributed by atoms with Crippen LogP contribution in [-0.2, 0) is 13.0 Å². The first-order chi connectivity index (χ1) is 14.5. The van der Waals surface area contributed by atoms with E-state index in [-0.39, 0.29) is 11.2 Å². The third kappa shape index (κ3) is 3.40. The summed E-state index contributed by atoms with van der Waals surface area (Å²) in [5, 5.41) is 12.0. The van der Waals surface area contributed by atoms with E-state index in [1.165, 1.54) is 11.3 Å². The third-order valence-corrected chi connectivity index (χ3v) is 6.71. The van der Waals surface area contributed by atoms with E-state index in [4.69, 9.17) is 9.40 Å². The van der Waals surface area contributed by atoms with Crippen molar-refractivity contribution in [1.82, 2.24) is 9.88 Å². The van der Waals surface area contributed by atoms with Crippen molar-refractivity contribution in [2.75, 3.05) is 13.1 Å². The van der Waals surface area contributed by atoms with E-state index < -0.39 is 0 Å². The largest absolute Gasteiger partial charge is 0.507 e. The van der Waals surface area contributed by atoms with E-state index in [9.17, 15) is 9.90 Å². The van der Waals surface area contributed by atoms with Gasteiger partial charge in [0.2, 0.25) is 5.43 Å². The number of aromatic hydroxyl groups is 1. The van der Waals surface area contributed by atoms with Gasteiger partial charge in [-0.25, -0.2) is 4.98 Å². The lowest BCUT2D eigenvalue weighted by Gasteiger charge is -2.20. The van der Waals surface area contributed by atoms with Crippen LogP contribution in [0.4, 0.5) is 0 Å². The Morgan fingerprint density at radius 2 is 1.90 bits per heavy atom. The van der Waals surface area contributed by atoms with Gasteiger partial charge in [0.25, 0.3) is 0 Å². The summed E-state index contributed by atoms with van der Waals surface area (Å²) >= 11 is 1.50. The summed E-state index contributed by atoms with van der Waals surface area (Å²) in [7, 11) is 0.